The summed E-state index contributed by atoms with van der Waals surface area (Å²) in [7, 11) is 0. The Hall–Kier alpha value is -5.18. The molecule has 0 atom stereocenters. The van der Waals surface area contributed by atoms with Gasteiger partial charge in [-0.3, -0.25) is 9.59 Å². The SMILES string of the molecule is C=CCOCCOc1ccc(-c2ccc(OC(=O)C3CCC(C(=O)Oc4ccc(-c5ccc(OCCOCC=C)cc5)cc4)CC3)cc2)cc1. The van der Waals surface area contributed by atoms with Crippen LogP contribution in [0.5, 0.6) is 23.0 Å². The molecule has 0 spiro atoms. The molecule has 5 rings (SSSR count). The van der Waals surface area contributed by atoms with Gasteiger partial charge in [-0.25, -0.2) is 0 Å². The number of esters is 2. The standard InChI is InChI=1S/C42H44O8/c1-3-25-45-27-29-47-37-17-9-31(10-18-37)33-13-21-39(22-14-33)49-41(43)35-5-7-36(8-6-35)42(44)50-40-23-15-34(16-24-40)32-11-19-38(20-12-32)48-30-28-46-26-4-2/h3-4,9-24,35-36H,1-2,5-8,25-30H2. The first kappa shape index (κ1) is 36.1. The molecule has 0 heterocycles. The lowest BCUT2D eigenvalue weighted by Crippen LogP contribution is -2.30. The van der Waals surface area contributed by atoms with Crippen LogP contribution in [0.3, 0.4) is 0 Å². The maximum Gasteiger partial charge on any atom is 0.314 e. The zero-order valence-corrected chi connectivity index (χ0v) is 28.3. The average Bonchev–Trinajstić information content (AvgIpc) is 3.16. The molecule has 0 amide bonds. The Labute approximate surface area is 294 Å². The van der Waals surface area contributed by atoms with Crippen LogP contribution in [0.1, 0.15) is 25.7 Å². The van der Waals surface area contributed by atoms with Crippen molar-refractivity contribution in [1.82, 2.24) is 0 Å². The van der Waals surface area contributed by atoms with Crippen LogP contribution in [0.25, 0.3) is 22.3 Å². The first-order valence-corrected chi connectivity index (χ1v) is 17.0. The lowest BCUT2D eigenvalue weighted by atomic mass is 9.82. The van der Waals surface area contributed by atoms with Gasteiger partial charge in [0.1, 0.15) is 36.2 Å². The molecule has 260 valence electrons. The maximum atomic E-state index is 12.9. The second-order valence-electron chi connectivity index (χ2n) is 11.9. The van der Waals surface area contributed by atoms with E-state index in [1.165, 1.54) is 0 Å². The van der Waals surface area contributed by atoms with Crippen LogP contribution in [-0.2, 0) is 19.1 Å². The maximum absolute atomic E-state index is 12.9. The Balaban J connectivity index is 1.02. The second kappa shape index (κ2) is 19.1. The van der Waals surface area contributed by atoms with Crippen molar-refractivity contribution in [1.29, 1.82) is 0 Å². The first-order valence-electron chi connectivity index (χ1n) is 17.0. The molecule has 0 radical (unpaired) electrons. The molecule has 1 aliphatic rings. The summed E-state index contributed by atoms with van der Waals surface area (Å²) in [6.07, 6.45) is 5.71. The monoisotopic (exact) mass is 676 g/mol. The number of rotatable bonds is 18. The first-order chi connectivity index (χ1) is 24.5. The highest BCUT2D eigenvalue weighted by Crippen LogP contribution is 2.32. The molecular formula is C42H44O8. The van der Waals surface area contributed by atoms with Crippen LogP contribution in [0, 0.1) is 11.8 Å². The number of benzene rings is 4. The summed E-state index contributed by atoms with van der Waals surface area (Å²) in [5.41, 5.74) is 4.05. The highest BCUT2D eigenvalue weighted by molar-refractivity contribution is 5.78. The minimum Gasteiger partial charge on any atom is -0.491 e. The zero-order chi connectivity index (χ0) is 35.0. The summed E-state index contributed by atoms with van der Waals surface area (Å²) < 4.78 is 33.5. The molecule has 0 aliphatic heterocycles. The number of hydrogen-bond acceptors (Lipinski definition) is 8. The summed E-state index contributed by atoms with van der Waals surface area (Å²) in [5.74, 6) is 1.49. The van der Waals surface area contributed by atoms with E-state index in [0.717, 1.165) is 33.8 Å². The van der Waals surface area contributed by atoms with Gasteiger partial charge in [-0.15, -0.1) is 13.2 Å². The average molecular weight is 677 g/mol. The van der Waals surface area contributed by atoms with Gasteiger partial charge in [0.2, 0.25) is 0 Å². The molecule has 0 saturated heterocycles. The molecule has 4 aromatic rings. The van der Waals surface area contributed by atoms with E-state index < -0.39 is 0 Å². The van der Waals surface area contributed by atoms with Crippen molar-refractivity contribution in [2.45, 2.75) is 25.7 Å². The third kappa shape index (κ3) is 10.9. The minimum atomic E-state index is -0.268. The summed E-state index contributed by atoms with van der Waals surface area (Å²) in [4.78, 5) is 25.9. The van der Waals surface area contributed by atoms with Crippen molar-refractivity contribution in [3.05, 3.63) is 122 Å². The van der Waals surface area contributed by atoms with E-state index in [1.54, 1.807) is 36.4 Å². The van der Waals surface area contributed by atoms with E-state index in [2.05, 4.69) is 13.2 Å². The molecule has 0 aromatic heterocycles. The van der Waals surface area contributed by atoms with Crippen molar-refractivity contribution in [3.63, 3.8) is 0 Å². The molecule has 0 bridgehead atoms. The highest BCUT2D eigenvalue weighted by Gasteiger charge is 2.32. The van der Waals surface area contributed by atoms with E-state index in [9.17, 15) is 9.59 Å². The van der Waals surface area contributed by atoms with Crippen LogP contribution < -0.4 is 18.9 Å². The second-order valence-corrected chi connectivity index (χ2v) is 11.9. The van der Waals surface area contributed by atoms with Gasteiger partial charge in [-0.1, -0.05) is 60.7 Å². The zero-order valence-electron chi connectivity index (χ0n) is 28.3. The number of ether oxygens (including phenoxy) is 6. The predicted molar refractivity (Wildman–Crippen MR) is 193 cm³/mol. The molecule has 4 aromatic carbocycles. The van der Waals surface area contributed by atoms with Crippen molar-refractivity contribution < 1.29 is 38.0 Å². The lowest BCUT2D eigenvalue weighted by molar-refractivity contribution is -0.145. The van der Waals surface area contributed by atoms with E-state index in [-0.39, 0.29) is 23.8 Å². The Morgan fingerprint density at radius 3 is 1.08 bits per heavy atom. The molecule has 1 aliphatic carbocycles. The van der Waals surface area contributed by atoms with E-state index in [4.69, 9.17) is 28.4 Å². The molecule has 50 heavy (non-hydrogen) atoms. The molecule has 0 unspecified atom stereocenters. The fourth-order valence-corrected chi connectivity index (χ4v) is 5.65. The van der Waals surface area contributed by atoms with Gasteiger partial charge in [0, 0.05) is 0 Å². The number of carbonyl (C=O) groups excluding carboxylic acids is 2. The largest absolute Gasteiger partial charge is 0.491 e. The molecule has 1 fully saturated rings. The highest BCUT2D eigenvalue weighted by atomic mass is 16.5. The minimum absolute atomic E-state index is 0.255. The normalized spacial score (nSPS) is 15.4. The van der Waals surface area contributed by atoms with Gasteiger partial charge in [-0.2, -0.15) is 0 Å². The van der Waals surface area contributed by atoms with Crippen molar-refractivity contribution in [3.8, 4) is 45.3 Å². The molecular weight excluding hydrogens is 632 g/mol. The fraction of sp³-hybridized carbons (Fsp3) is 0.286. The van der Waals surface area contributed by atoms with E-state index in [1.807, 2.05) is 72.8 Å². The third-order valence-electron chi connectivity index (χ3n) is 8.38. The smallest absolute Gasteiger partial charge is 0.314 e. The summed E-state index contributed by atoms with van der Waals surface area (Å²) in [6.45, 7) is 10.2. The number of carbonyl (C=O) groups is 2. The van der Waals surface area contributed by atoms with Crippen LogP contribution in [0.2, 0.25) is 0 Å². The molecule has 8 nitrogen and oxygen atoms in total. The Morgan fingerprint density at radius 1 is 0.480 bits per heavy atom. The summed E-state index contributed by atoms with van der Waals surface area (Å²) >= 11 is 0. The van der Waals surface area contributed by atoms with Gasteiger partial charge < -0.3 is 28.4 Å². The molecule has 0 N–H and O–H groups in total. The van der Waals surface area contributed by atoms with Gasteiger partial charge in [-0.05, 0) is 96.5 Å². The Morgan fingerprint density at radius 2 is 0.780 bits per heavy atom. The predicted octanol–water partition coefficient (Wildman–Crippen LogP) is 8.50. The third-order valence-corrected chi connectivity index (χ3v) is 8.38. The van der Waals surface area contributed by atoms with E-state index in [0.29, 0.717) is 76.8 Å². The quantitative estimate of drug-likeness (QED) is 0.0449. The van der Waals surface area contributed by atoms with Gasteiger partial charge in [0.15, 0.2) is 0 Å². The van der Waals surface area contributed by atoms with Gasteiger partial charge >= 0.3 is 11.9 Å². The van der Waals surface area contributed by atoms with Crippen molar-refractivity contribution >= 4 is 11.9 Å². The van der Waals surface area contributed by atoms with Crippen molar-refractivity contribution in [2.24, 2.45) is 11.8 Å². The fourth-order valence-electron chi connectivity index (χ4n) is 5.65. The van der Waals surface area contributed by atoms with Gasteiger partial charge in [0.05, 0.1) is 38.3 Å². The Kier molecular flexibility index (Phi) is 13.8. The number of hydrogen-bond donors (Lipinski definition) is 0. The summed E-state index contributed by atoms with van der Waals surface area (Å²) in [6, 6.07) is 30.5. The Bertz CT molecular complexity index is 1530. The van der Waals surface area contributed by atoms with Crippen molar-refractivity contribution in [2.75, 3.05) is 39.6 Å². The van der Waals surface area contributed by atoms with Crippen LogP contribution in [0.15, 0.2) is 122 Å². The van der Waals surface area contributed by atoms with Crippen LogP contribution >= 0.6 is 0 Å². The summed E-state index contributed by atoms with van der Waals surface area (Å²) in [5, 5.41) is 0. The van der Waals surface area contributed by atoms with E-state index >= 15 is 0 Å². The topological polar surface area (TPSA) is 89.5 Å². The molecule has 8 heteroatoms. The van der Waals surface area contributed by atoms with Crippen LogP contribution in [0.4, 0.5) is 0 Å². The molecule has 1 saturated carbocycles. The van der Waals surface area contributed by atoms with Gasteiger partial charge in [0.25, 0.3) is 0 Å². The lowest BCUT2D eigenvalue weighted by Gasteiger charge is -2.25. The van der Waals surface area contributed by atoms with Crippen LogP contribution in [-0.4, -0.2) is 51.6 Å².